The second-order valence-electron chi connectivity index (χ2n) is 5.04. The number of halogens is 1. The molecule has 1 aromatic carbocycles. The molecule has 0 atom stereocenters. The largest absolute Gasteiger partial charge is 0.394 e. The second kappa shape index (κ2) is 4.58. The average molecular weight is 279 g/mol. The first-order valence-electron chi connectivity index (χ1n) is 6.24. The monoisotopic (exact) mass is 279 g/mol. The van der Waals surface area contributed by atoms with Crippen molar-refractivity contribution in [1.82, 2.24) is 5.32 Å². The number of aliphatic hydroxyl groups is 1. The highest BCUT2D eigenvalue weighted by atomic mass is 32.1. The molecule has 5 heteroatoms. The lowest BCUT2D eigenvalue weighted by Crippen LogP contribution is -2.56. The van der Waals surface area contributed by atoms with E-state index in [0.29, 0.717) is 4.88 Å². The quantitative estimate of drug-likeness (QED) is 0.907. The molecule has 0 unspecified atom stereocenters. The highest BCUT2D eigenvalue weighted by molar-refractivity contribution is 7.20. The van der Waals surface area contributed by atoms with Crippen molar-refractivity contribution < 1.29 is 14.3 Å². The van der Waals surface area contributed by atoms with Gasteiger partial charge in [-0.2, -0.15) is 0 Å². The van der Waals surface area contributed by atoms with Crippen molar-refractivity contribution in [3.63, 3.8) is 0 Å². The lowest BCUT2D eigenvalue weighted by molar-refractivity contribution is 0.0645. The Morgan fingerprint density at radius 3 is 2.84 bits per heavy atom. The first kappa shape index (κ1) is 12.6. The predicted molar refractivity (Wildman–Crippen MR) is 72.9 cm³/mol. The van der Waals surface area contributed by atoms with Crippen LogP contribution in [0.2, 0.25) is 0 Å². The van der Waals surface area contributed by atoms with E-state index in [1.165, 1.54) is 23.5 Å². The Balaban J connectivity index is 1.85. The number of carbonyl (C=O) groups excluding carboxylic acids is 1. The molecule has 1 aromatic heterocycles. The maximum Gasteiger partial charge on any atom is 0.261 e. The standard InChI is InChI=1S/C14H14FNO2S/c15-10-2-3-11-9(6-10)7-12(19-11)13(18)16-14(8-17)4-1-5-14/h2-3,6-7,17H,1,4-5,8H2,(H,16,18). The van der Waals surface area contributed by atoms with Crippen molar-refractivity contribution in [3.8, 4) is 0 Å². The van der Waals surface area contributed by atoms with E-state index in [9.17, 15) is 14.3 Å². The summed E-state index contributed by atoms with van der Waals surface area (Å²) in [5.41, 5.74) is -0.446. The number of nitrogens with one attached hydrogen (secondary N) is 1. The first-order valence-corrected chi connectivity index (χ1v) is 7.06. The number of hydrogen-bond acceptors (Lipinski definition) is 3. The van der Waals surface area contributed by atoms with Crippen LogP contribution >= 0.6 is 11.3 Å². The lowest BCUT2D eigenvalue weighted by Gasteiger charge is -2.40. The van der Waals surface area contributed by atoms with Crippen molar-refractivity contribution in [2.24, 2.45) is 0 Å². The highest BCUT2D eigenvalue weighted by Gasteiger charge is 2.38. The van der Waals surface area contributed by atoms with Crippen LogP contribution in [0.5, 0.6) is 0 Å². The van der Waals surface area contributed by atoms with Crippen LogP contribution in [0.15, 0.2) is 24.3 Å². The van der Waals surface area contributed by atoms with E-state index in [1.54, 1.807) is 12.1 Å². The van der Waals surface area contributed by atoms with Gasteiger partial charge < -0.3 is 10.4 Å². The number of hydrogen-bond donors (Lipinski definition) is 2. The molecule has 19 heavy (non-hydrogen) atoms. The lowest BCUT2D eigenvalue weighted by atomic mass is 9.77. The summed E-state index contributed by atoms with van der Waals surface area (Å²) < 4.78 is 14.0. The minimum atomic E-state index is -0.446. The first-order chi connectivity index (χ1) is 9.12. The van der Waals surface area contributed by atoms with Crippen LogP contribution in [0, 0.1) is 5.82 Å². The zero-order valence-electron chi connectivity index (χ0n) is 10.3. The topological polar surface area (TPSA) is 49.3 Å². The van der Waals surface area contributed by atoms with Crippen LogP contribution in [0.25, 0.3) is 10.1 Å². The molecule has 1 aliphatic carbocycles. The van der Waals surface area contributed by atoms with Crippen LogP contribution in [0.1, 0.15) is 28.9 Å². The molecule has 1 saturated carbocycles. The molecule has 100 valence electrons. The number of benzene rings is 1. The van der Waals surface area contributed by atoms with Gasteiger partial charge in [-0.15, -0.1) is 11.3 Å². The van der Waals surface area contributed by atoms with Crippen molar-refractivity contribution in [3.05, 3.63) is 35.0 Å². The number of carbonyl (C=O) groups is 1. The fourth-order valence-corrected chi connectivity index (χ4v) is 3.29. The maximum atomic E-state index is 13.1. The molecule has 2 aromatic rings. The number of rotatable bonds is 3. The fraction of sp³-hybridized carbons (Fsp3) is 0.357. The van der Waals surface area contributed by atoms with E-state index in [4.69, 9.17) is 0 Å². The van der Waals surface area contributed by atoms with Crippen LogP contribution in [-0.4, -0.2) is 23.2 Å². The van der Waals surface area contributed by atoms with Crippen molar-refractivity contribution >= 4 is 27.3 Å². The minimum absolute atomic E-state index is 0.0295. The predicted octanol–water partition coefficient (Wildman–Crippen LogP) is 2.69. The Labute approximate surface area is 114 Å². The molecule has 3 nitrogen and oxygen atoms in total. The SMILES string of the molecule is O=C(NC1(CO)CCC1)c1cc2cc(F)ccc2s1. The van der Waals surface area contributed by atoms with E-state index in [2.05, 4.69) is 5.32 Å². The maximum absolute atomic E-state index is 13.1. The third kappa shape index (κ3) is 2.24. The van der Waals surface area contributed by atoms with E-state index in [-0.39, 0.29) is 18.3 Å². The molecule has 0 bridgehead atoms. The molecular weight excluding hydrogens is 265 g/mol. The van der Waals surface area contributed by atoms with Gasteiger partial charge in [0.25, 0.3) is 5.91 Å². The number of aliphatic hydroxyl groups excluding tert-OH is 1. The molecule has 3 rings (SSSR count). The van der Waals surface area contributed by atoms with E-state index >= 15 is 0 Å². The van der Waals surface area contributed by atoms with Crippen molar-refractivity contribution in [2.45, 2.75) is 24.8 Å². The molecule has 1 fully saturated rings. The van der Waals surface area contributed by atoms with Gasteiger partial charge in [0.1, 0.15) is 5.82 Å². The van der Waals surface area contributed by atoms with Crippen LogP contribution in [0.4, 0.5) is 4.39 Å². The summed E-state index contributed by atoms with van der Waals surface area (Å²) in [6.07, 6.45) is 2.65. The van der Waals surface area contributed by atoms with Gasteiger partial charge in [-0.3, -0.25) is 4.79 Å². The highest BCUT2D eigenvalue weighted by Crippen LogP contribution is 2.32. The van der Waals surface area contributed by atoms with Gasteiger partial charge >= 0.3 is 0 Å². The van der Waals surface area contributed by atoms with Gasteiger partial charge in [0.15, 0.2) is 0 Å². The third-order valence-corrected chi connectivity index (χ3v) is 4.81. The molecule has 1 aliphatic rings. The smallest absolute Gasteiger partial charge is 0.261 e. The van der Waals surface area contributed by atoms with E-state index in [0.717, 1.165) is 29.3 Å². The van der Waals surface area contributed by atoms with Crippen LogP contribution < -0.4 is 5.32 Å². The number of fused-ring (bicyclic) bond motifs is 1. The molecule has 0 aliphatic heterocycles. The zero-order valence-corrected chi connectivity index (χ0v) is 11.1. The van der Waals surface area contributed by atoms with E-state index < -0.39 is 5.54 Å². The number of thiophene rings is 1. The third-order valence-electron chi connectivity index (χ3n) is 3.69. The summed E-state index contributed by atoms with van der Waals surface area (Å²) in [6, 6.07) is 6.19. The molecule has 1 amide bonds. The Bertz CT molecular complexity index is 628. The van der Waals surface area contributed by atoms with E-state index in [1.807, 2.05) is 0 Å². The minimum Gasteiger partial charge on any atom is -0.394 e. The van der Waals surface area contributed by atoms with Gasteiger partial charge in [-0.25, -0.2) is 4.39 Å². The normalized spacial score (nSPS) is 17.2. The summed E-state index contributed by atoms with van der Waals surface area (Å²) >= 11 is 1.34. The summed E-state index contributed by atoms with van der Waals surface area (Å²) in [6.45, 7) is -0.0295. The van der Waals surface area contributed by atoms with Crippen LogP contribution in [0.3, 0.4) is 0 Å². The van der Waals surface area contributed by atoms with Gasteiger partial charge in [0.2, 0.25) is 0 Å². The van der Waals surface area contributed by atoms with Crippen molar-refractivity contribution in [2.75, 3.05) is 6.61 Å². The van der Waals surface area contributed by atoms with Gasteiger partial charge in [-0.05, 0) is 48.9 Å². The average Bonchev–Trinajstić information content (AvgIpc) is 2.76. The molecule has 0 saturated heterocycles. The Hall–Kier alpha value is -1.46. The molecule has 2 N–H and O–H groups in total. The molecular formula is C14H14FNO2S. The summed E-state index contributed by atoms with van der Waals surface area (Å²) in [7, 11) is 0. The molecule has 1 heterocycles. The molecule has 0 spiro atoms. The Morgan fingerprint density at radius 1 is 1.42 bits per heavy atom. The molecule has 0 radical (unpaired) electrons. The zero-order chi connectivity index (χ0) is 13.5. The second-order valence-corrected chi connectivity index (χ2v) is 6.12. The summed E-state index contributed by atoms with van der Waals surface area (Å²) in [4.78, 5) is 12.7. The van der Waals surface area contributed by atoms with Crippen molar-refractivity contribution in [1.29, 1.82) is 0 Å². The van der Waals surface area contributed by atoms with Gasteiger partial charge in [0, 0.05) is 4.70 Å². The Morgan fingerprint density at radius 2 is 2.21 bits per heavy atom. The summed E-state index contributed by atoms with van der Waals surface area (Å²) in [5.74, 6) is -0.488. The van der Waals surface area contributed by atoms with Crippen LogP contribution in [-0.2, 0) is 0 Å². The number of amides is 1. The van der Waals surface area contributed by atoms with Gasteiger partial charge in [-0.1, -0.05) is 0 Å². The Kier molecular flexibility index (Phi) is 3.03. The van der Waals surface area contributed by atoms with Gasteiger partial charge in [0.05, 0.1) is 17.0 Å². The summed E-state index contributed by atoms with van der Waals surface area (Å²) in [5, 5.41) is 13.0. The fourth-order valence-electron chi connectivity index (χ4n) is 2.35.